The van der Waals surface area contributed by atoms with Gasteiger partial charge in [-0.25, -0.2) is 9.37 Å². The molecule has 0 saturated heterocycles. The molecule has 2 aromatic heterocycles. The molecule has 1 aromatic carbocycles. The first-order valence-electron chi connectivity index (χ1n) is 7.39. The van der Waals surface area contributed by atoms with E-state index in [1.807, 2.05) is 26.8 Å². The monoisotopic (exact) mass is 331 g/mol. The average molecular weight is 331 g/mol. The summed E-state index contributed by atoms with van der Waals surface area (Å²) in [6, 6.07) is 4.74. The fourth-order valence-electron chi connectivity index (χ4n) is 2.48. The Kier molecular flexibility index (Phi) is 3.93. The van der Waals surface area contributed by atoms with Gasteiger partial charge >= 0.3 is 0 Å². The quantitative estimate of drug-likeness (QED) is 0.755. The van der Waals surface area contributed by atoms with Gasteiger partial charge in [0.15, 0.2) is 0 Å². The third kappa shape index (κ3) is 2.86. The SMILES string of the molecule is Cc1ccc(NC(C)c2nc3sc(C)c(C)c3c(=O)[nH]2)cc1F. The number of aromatic nitrogens is 2. The van der Waals surface area contributed by atoms with Gasteiger partial charge in [0.05, 0.1) is 11.4 Å². The Morgan fingerprint density at radius 1 is 1.30 bits per heavy atom. The maximum atomic E-state index is 13.6. The number of hydrogen-bond acceptors (Lipinski definition) is 4. The molecule has 0 aliphatic heterocycles. The maximum Gasteiger partial charge on any atom is 0.259 e. The van der Waals surface area contributed by atoms with Crippen molar-refractivity contribution in [3.8, 4) is 0 Å². The number of benzene rings is 1. The van der Waals surface area contributed by atoms with Gasteiger partial charge in [-0.2, -0.15) is 0 Å². The minimum atomic E-state index is -0.261. The molecule has 0 aliphatic rings. The molecule has 6 heteroatoms. The van der Waals surface area contributed by atoms with E-state index in [0.717, 1.165) is 15.3 Å². The largest absolute Gasteiger partial charge is 0.375 e. The first-order valence-corrected chi connectivity index (χ1v) is 8.21. The van der Waals surface area contributed by atoms with Crippen molar-refractivity contribution in [2.75, 3.05) is 5.32 Å². The van der Waals surface area contributed by atoms with E-state index in [0.29, 0.717) is 22.5 Å². The highest BCUT2D eigenvalue weighted by atomic mass is 32.1. The van der Waals surface area contributed by atoms with Gasteiger partial charge in [-0.3, -0.25) is 4.79 Å². The minimum Gasteiger partial charge on any atom is -0.375 e. The van der Waals surface area contributed by atoms with Crippen LogP contribution in [0, 0.1) is 26.6 Å². The lowest BCUT2D eigenvalue weighted by Crippen LogP contribution is -2.17. The van der Waals surface area contributed by atoms with Crippen molar-refractivity contribution in [1.82, 2.24) is 9.97 Å². The maximum absolute atomic E-state index is 13.6. The summed E-state index contributed by atoms with van der Waals surface area (Å²) in [6.07, 6.45) is 0. The Morgan fingerprint density at radius 2 is 2.04 bits per heavy atom. The summed E-state index contributed by atoms with van der Waals surface area (Å²) >= 11 is 1.52. The van der Waals surface area contributed by atoms with E-state index < -0.39 is 0 Å². The molecule has 2 heterocycles. The molecular formula is C17H18FN3OS. The third-order valence-corrected chi connectivity index (χ3v) is 5.12. The molecule has 4 nitrogen and oxygen atoms in total. The summed E-state index contributed by atoms with van der Waals surface area (Å²) in [6.45, 7) is 7.52. The molecule has 23 heavy (non-hydrogen) atoms. The van der Waals surface area contributed by atoms with Crippen LogP contribution >= 0.6 is 11.3 Å². The molecule has 120 valence electrons. The normalized spacial score (nSPS) is 12.6. The molecule has 0 radical (unpaired) electrons. The number of hydrogen-bond donors (Lipinski definition) is 2. The van der Waals surface area contributed by atoms with Gasteiger partial charge in [0.25, 0.3) is 5.56 Å². The third-order valence-electron chi connectivity index (χ3n) is 4.02. The minimum absolute atomic E-state index is 0.129. The molecule has 1 unspecified atom stereocenters. The van der Waals surface area contributed by atoms with Crippen LogP contribution in [0.2, 0.25) is 0 Å². The summed E-state index contributed by atoms with van der Waals surface area (Å²) in [5.74, 6) is 0.286. The van der Waals surface area contributed by atoms with Crippen LogP contribution in [0.3, 0.4) is 0 Å². The molecular weight excluding hydrogens is 313 g/mol. The molecule has 0 fully saturated rings. The zero-order valence-electron chi connectivity index (χ0n) is 13.5. The van der Waals surface area contributed by atoms with Gasteiger partial charge in [0.2, 0.25) is 0 Å². The number of thiophene rings is 1. The average Bonchev–Trinajstić information content (AvgIpc) is 2.78. The number of halogens is 1. The second-order valence-corrected chi connectivity index (χ2v) is 6.95. The number of nitrogens with one attached hydrogen (secondary N) is 2. The molecule has 3 rings (SSSR count). The lowest BCUT2D eigenvalue weighted by molar-refractivity contribution is 0.618. The summed E-state index contributed by atoms with van der Waals surface area (Å²) in [7, 11) is 0. The highest BCUT2D eigenvalue weighted by Crippen LogP contribution is 2.27. The Morgan fingerprint density at radius 3 is 2.74 bits per heavy atom. The number of nitrogens with zero attached hydrogens (tertiary/aromatic N) is 1. The Hall–Kier alpha value is -2.21. The van der Waals surface area contributed by atoms with Crippen LogP contribution < -0.4 is 10.9 Å². The smallest absolute Gasteiger partial charge is 0.259 e. The zero-order valence-corrected chi connectivity index (χ0v) is 14.3. The number of fused-ring (bicyclic) bond motifs is 1. The van der Waals surface area contributed by atoms with Gasteiger partial charge in [0.1, 0.15) is 16.5 Å². The number of aromatic amines is 1. The van der Waals surface area contributed by atoms with Gasteiger partial charge in [-0.15, -0.1) is 11.3 Å². The number of anilines is 1. The molecule has 0 bridgehead atoms. The Labute approximate surface area is 137 Å². The fraction of sp³-hybridized carbons (Fsp3) is 0.294. The zero-order chi connectivity index (χ0) is 16.7. The van der Waals surface area contributed by atoms with Crippen molar-refractivity contribution >= 4 is 27.2 Å². The summed E-state index contributed by atoms with van der Waals surface area (Å²) in [5, 5.41) is 3.83. The summed E-state index contributed by atoms with van der Waals surface area (Å²) < 4.78 is 13.6. The van der Waals surface area contributed by atoms with Crippen molar-refractivity contribution in [2.45, 2.75) is 33.7 Å². The molecule has 2 N–H and O–H groups in total. The molecule has 1 atom stereocenters. The number of aryl methyl sites for hydroxylation is 3. The molecule has 0 saturated carbocycles. The van der Waals surface area contributed by atoms with Crippen LogP contribution in [0.1, 0.15) is 34.8 Å². The van der Waals surface area contributed by atoms with Crippen LogP contribution in [0.5, 0.6) is 0 Å². The van der Waals surface area contributed by atoms with Gasteiger partial charge in [0, 0.05) is 10.6 Å². The van der Waals surface area contributed by atoms with Crippen LogP contribution in [-0.4, -0.2) is 9.97 Å². The standard InChI is InChI=1S/C17H18FN3OS/c1-8-5-6-12(7-13(8)18)19-10(3)15-20-16(22)14-9(2)11(4)23-17(14)21-15/h5-7,10,19H,1-4H3,(H,20,21,22). The summed E-state index contributed by atoms with van der Waals surface area (Å²) in [4.78, 5) is 21.5. The van der Waals surface area contributed by atoms with Crippen molar-refractivity contribution in [1.29, 1.82) is 0 Å². The van der Waals surface area contributed by atoms with Crippen molar-refractivity contribution in [2.24, 2.45) is 0 Å². The highest BCUT2D eigenvalue weighted by Gasteiger charge is 2.15. The first kappa shape index (κ1) is 15.7. The van der Waals surface area contributed by atoms with Crippen LogP contribution in [-0.2, 0) is 0 Å². The molecule has 0 amide bonds. The number of H-pyrrole nitrogens is 1. The topological polar surface area (TPSA) is 57.8 Å². The van der Waals surface area contributed by atoms with Crippen LogP contribution in [0.25, 0.3) is 10.2 Å². The highest BCUT2D eigenvalue weighted by molar-refractivity contribution is 7.18. The fourth-order valence-corrected chi connectivity index (χ4v) is 3.51. The lowest BCUT2D eigenvalue weighted by atomic mass is 10.2. The van der Waals surface area contributed by atoms with E-state index in [1.165, 1.54) is 17.4 Å². The summed E-state index contributed by atoms with van der Waals surface area (Å²) in [5.41, 5.74) is 2.10. The van der Waals surface area contributed by atoms with E-state index in [4.69, 9.17) is 0 Å². The van der Waals surface area contributed by atoms with Crippen LogP contribution in [0.15, 0.2) is 23.0 Å². The van der Waals surface area contributed by atoms with Crippen molar-refractivity contribution in [3.63, 3.8) is 0 Å². The van der Waals surface area contributed by atoms with Crippen molar-refractivity contribution < 1.29 is 4.39 Å². The van der Waals surface area contributed by atoms with E-state index in [-0.39, 0.29) is 17.4 Å². The second-order valence-electron chi connectivity index (χ2n) is 5.74. The molecule has 0 aliphatic carbocycles. The van der Waals surface area contributed by atoms with Crippen molar-refractivity contribution in [3.05, 3.63) is 56.2 Å². The van der Waals surface area contributed by atoms with E-state index in [1.54, 1.807) is 13.0 Å². The number of rotatable bonds is 3. The van der Waals surface area contributed by atoms with Gasteiger partial charge in [-0.05, 0) is 51.0 Å². The Balaban J connectivity index is 1.96. The van der Waals surface area contributed by atoms with E-state index in [9.17, 15) is 9.18 Å². The van der Waals surface area contributed by atoms with E-state index >= 15 is 0 Å². The predicted molar refractivity (Wildman–Crippen MR) is 92.9 cm³/mol. The lowest BCUT2D eigenvalue weighted by Gasteiger charge is -2.15. The molecule has 3 aromatic rings. The second kappa shape index (κ2) is 5.77. The Bertz CT molecular complexity index is 945. The van der Waals surface area contributed by atoms with Gasteiger partial charge in [-0.1, -0.05) is 6.07 Å². The predicted octanol–water partition coefficient (Wildman–Crippen LogP) is 4.22. The van der Waals surface area contributed by atoms with E-state index in [2.05, 4.69) is 15.3 Å². The molecule has 0 spiro atoms. The first-order chi connectivity index (χ1) is 10.9. The van der Waals surface area contributed by atoms with Crippen LogP contribution in [0.4, 0.5) is 10.1 Å². The van der Waals surface area contributed by atoms with Gasteiger partial charge < -0.3 is 10.3 Å².